The van der Waals surface area contributed by atoms with Crippen molar-refractivity contribution in [3.8, 4) is 0 Å². The molecule has 9 heavy (non-hydrogen) atoms. The largest absolute Gasteiger partial charge is 0.237 e. The Hall–Kier alpha value is -0.660. The van der Waals surface area contributed by atoms with Crippen molar-refractivity contribution in [2.45, 2.75) is 26.2 Å². The Morgan fingerprint density at radius 2 is 2.44 bits per heavy atom. The van der Waals surface area contributed by atoms with Gasteiger partial charge in [0.1, 0.15) is 0 Å². The average Bonchev–Trinajstić information content (AvgIpc) is 1.89. The Bertz CT molecular complexity index is 107. The second-order valence-corrected chi connectivity index (χ2v) is 1.83. The predicted molar refractivity (Wildman–Crippen MR) is 38.3 cm³/mol. The third-order valence-electron chi connectivity index (χ3n) is 1.02. The Kier molecular flexibility index (Phi) is 5.07. The van der Waals surface area contributed by atoms with Gasteiger partial charge >= 0.3 is 0 Å². The van der Waals surface area contributed by atoms with E-state index in [1.54, 1.807) is 0 Å². The highest BCUT2D eigenvalue weighted by atomic mass is 19.1. The van der Waals surface area contributed by atoms with E-state index in [-0.39, 0.29) is 0 Å². The maximum absolute atomic E-state index is 12.1. The first-order valence-electron chi connectivity index (χ1n) is 3.13. The number of hydrogen-bond donors (Lipinski definition) is 0. The van der Waals surface area contributed by atoms with Gasteiger partial charge in [-0.1, -0.05) is 13.3 Å². The molecular formula is C7H12FN. The number of halogens is 1. The molecule has 0 fully saturated rings. The molecule has 1 nitrogen and oxygen atoms in total. The highest BCUT2D eigenvalue weighted by Crippen LogP contribution is 2.02. The van der Waals surface area contributed by atoms with E-state index in [0.29, 0.717) is 0 Å². The molecule has 0 aliphatic rings. The van der Waals surface area contributed by atoms with Crippen LogP contribution in [0.25, 0.3) is 0 Å². The van der Waals surface area contributed by atoms with E-state index in [1.807, 2.05) is 0 Å². The van der Waals surface area contributed by atoms with E-state index < -0.39 is 5.95 Å². The molecule has 0 aromatic rings. The quantitative estimate of drug-likeness (QED) is 0.314. The summed E-state index contributed by atoms with van der Waals surface area (Å²) in [5.74, 6) is -0.455. The van der Waals surface area contributed by atoms with Crippen LogP contribution in [0.3, 0.4) is 0 Å². The zero-order chi connectivity index (χ0) is 7.11. The molecule has 0 bridgehead atoms. The first kappa shape index (κ1) is 8.34. The maximum Gasteiger partial charge on any atom is 0.208 e. The molecule has 0 rings (SSSR count). The molecule has 0 N–H and O–H groups in total. The summed E-state index contributed by atoms with van der Waals surface area (Å²) in [6, 6.07) is 0. The Balaban J connectivity index is 3.31. The maximum atomic E-state index is 12.1. The number of nitrogens with zero attached hydrogens (tertiary/aromatic N) is 1. The minimum absolute atomic E-state index is 0.455. The van der Waals surface area contributed by atoms with Gasteiger partial charge in [-0.05, 0) is 25.6 Å². The molecule has 0 aromatic heterocycles. The van der Waals surface area contributed by atoms with Crippen LogP contribution in [-0.4, -0.2) is 6.72 Å². The molecule has 0 saturated carbocycles. The molecule has 0 heterocycles. The zero-order valence-electron chi connectivity index (χ0n) is 5.73. The van der Waals surface area contributed by atoms with Crippen LogP contribution in [0.4, 0.5) is 4.39 Å². The van der Waals surface area contributed by atoms with Crippen LogP contribution in [0, 0.1) is 0 Å². The zero-order valence-corrected chi connectivity index (χ0v) is 5.73. The van der Waals surface area contributed by atoms with Crippen LogP contribution in [-0.2, 0) is 0 Å². The van der Waals surface area contributed by atoms with Gasteiger partial charge in [0, 0.05) is 0 Å². The van der Waals surface area contributed by atoms with Crippen LogP contribution in [0.1, 0.15) is 26.2 Å². The van der Waals surface area contributed by atoms with Crippen LogP contribution in [0.2, 0.25) is 0 Å². The first-order chi connectivity index (χ1) is 4.31. The van der Waals surface area contributed by atoms with Crippen LogP contribution in [0.15, 0.2) is 17.0 Å². The lowest BCUT2D eigenvalue weighted by Gasteiger charge is -1.87. The van der Waals surface area contributed by atoms with E-state index in [1.165, 1.54) is 6.08 Å². The van der Waals surface area contributed by atoms with Crippen molar-refractivity contribution in [1.82, 2.24) is 0 Å². The molecule has 52 valence electrons. The molecule has 2 heteroatoms. The normalized spacial score (nSPS) is 11.6. The van der Waals surface area contributed by atoms with E-state index in [4.69, 9.17) is 0 Å². The van der Waals surface area contributed by atoms with Crippen LogP contribution in [0.5, 0.6) is 0 Å². The topological polar surface area (TPSA) is 12.4 Å². The summed E-state index contributed by atoms with van der Waals surface area (Å²) in [4.78, 5) is 3.10. The third-order valence-corrected chi connectivity index (χ3v) is 1.02. The molecular weight excluding hydrogens is 117 g/mol. The summed E-state index contributed by atoms with van der Waals surface area (Å²) in [5.41, 5.74) is 0. The van der Waals surface area contributed by atoms with Crippen molar-refractivity contribution in [1.29, 1.82) is 0 Å². The van der Waals surface area contributed by atoms with Crippen molar-refractivity contribution in [2.75, 3.05) is 0 Å². The molecule has 0 saturated heterocycles. The van der Waals surface area contributed by atoms with Gasteiger partial charge in [0.2, 0.25) is 5.95 Å². The molecule has 0 unspecified atom stereocenters. The highest BCUT2D eigenvalue weighted by molar-refractivity contribution is 5.26. The smallest absolute Gasteiger partial charge is 0.208 e. The minimum atomic E-state index is -0.455. The fourth-order valence-electron chi connectivity index (χ4n) is 0.490. The second kappa shape index (κ2) is 5.48. The summed E-state index contributed by atoms with van der Waals surface area (Å²) in [5, 5.41) is 0. The molecule has 0 aliphatic heterocycles. The Morgan fingerprint density at radius 1 is 1.78 bits per heavy atom. The van der Waals surface area contributed by atoms with Gasteiger partial charge in [-0.25, -0.2) is 4.99 Å². The monoisotopic (exact) mass is 129 g/mol. The van der Waals surface area contributed by atoms with Gasteiger partial charge < -0.3 is 0 Å². The minimum Gasteiger partial charge on any atom is -0.237 e. The summed E-state index contributed by atoms with van der Waals surface area (Å²) < 4.78 is 12.1. The van der Waals surface area contributed by atoms with Crippen molar-refractivity contribution in [3.05, 3.63) is 12.0 Å². The van der Waals surface area contributed by atoms with Gasteiger partial charge in [-0.3, -0.25) is 0 Å². The first-order valence-corrected chi connectivity index (χ1v) is 3.13. The van der Waals surface area contributed by atoms with E-state index in [2.05, 4.69) is 18.6 Å². The predicted octanol–water partition coefficient (Wildman–Crippen LogP) is 2.69. The number of hydrogen-bond acceptors (Lipinski definition) is 1. The van der Waals surface area contributed by atoms with Crippen molar-refractivity contribution in [3.63, 3.8) is 0 Å². The van der Waals surface area contributed by atoms with Gasteiger partial charge in [0.15, 0.2) is 0 Å². The molecule has 0 aliphatic carbocycles. The van der Waals surface area contributed by atoms with Crippen molar-refractivity contribution < 1.29 is 4.39 Å². The van der Waals surface area contributed by atoms with Crippen molar-refractivity contribution >= 4 is 6.72 Å². The van der Waals surface area contributed by atoms with Gasteiger partial charge in [0.05, 0.1) is 0 Å². The lowest BCUT2D eigenvalue weighted by molar-refractivity contribution is 0.619. The molecule has 0 spiro atoms. The SMILES string of the molecule is C=N/C(F)=C/CCCC. The molecule has 0 amide bonds. The number of rotatable bonds is 4. The summed E-state index contributed by atoms with van der Waals surface area (Å²) >= 11 is 0. The molecule has 0 aromatic carbocycles. The lowest BCUT2D eigenvalue weighted by atomic mass is 10.2. The number of aliphatic imine (C=N–C) groups is 1. The van der Waals surface area contributed by atoms with Gasteiger partial charge in [0.25, 0.3) is 0 Å². The summed E-state index contributed by atoms with van der Waals surface area (Å²) in [6.45, 7) is 5.11. The van der Waals surface area contributed by atoms with Gasteiger partial charge in [-0.15, -0.1) is 0 Å². The van der Waals surface area contributed by atoms with E-state index >= 15 is 0 Å². The van der Waals surface area contributed by atoms with Crippen molar-refractivity contribution in [2.24, 2.45) is 4.99 Å². The standard InChI is InChI=1S/C7H12FN/c1-3-4-5-6-7(8)9-2/h6H,2-5H2,1H3/b7-6+. The summed E-state index contributed by atoms with van der Waals surface area (Å²) in [7, 11) is 0. The van der Waals surface area contributed by atoms with Crippen LogP contribution >= 0.6 is 0 Å². The summed E-state index contributed by atoms with van der Waals surface area (Å²) in [6.07, 6.45) is 4.32. The second-order valence-electron chi connectivity index (χ2n) is 1.83. The fourth-order valence-corrected chi connectivity index (χ4v) is 0.490. The van der Waals surface area contributed by atoms with E-state index in [9.17, 15) is 4.39 Å². The number of unbranched alkanes of at least 4 members (excludes halogenated alkanes) is 2. The molecule has 0 radical (unpaired) electrons. The third kappa shape index (κ3) is 5.21. The Morgan fingerprint density at radius 3 is 2.89 bits per heavy atom. The highest BCUT2D eigenvalue weighted by Gasteiger charge is 1.84. The Labute approximate surface area is 55.3 Å². The fraction of sp³-hybridized carbons (Fsp3) is 0.571. The van der Waals surface area contributed by atoms with E-state index in [0.717, 1.165) is 19.3 Å². The lowest BCUT2D eigenvalue weighted by Crippen LogP contribution is -1.69. The number of allylic oxidation sites excluding steroid dienone is 1. The average molecular weight is 129 g/mol. The molecule has 0 atom stereocenters. The van der Waals surface area contributed by atoms with Gasteiger partial charge in [-0.2, -0.15) is 4.39 Å². The van der Waals surface area contributed by atoms with Crippen LogP contribution < -0.4 is 0 Å².